The maximum absolute atomic E-state index is 11.8. The van der Waals surface area contributed by atoms with Gasteiger partial charge in [-0.2, -0.15) is 0 Å². The first-order valence-corrected chi connectivity index (χ1v) is 7.24. The second-order valence-electron chi connectivity index (χ2n) is 5.91. The van der Waals surface area contributed by atoms with Gasteiger partial charge in [0.2, 0.25) is 5.91 Å². The van der Waals surface area contributed by atoms with Gasteiger partial charge < -0.3 is 10.6 Å². The Kier molecular flexibility index (Phi) is 7.02. The topological polar surface area (TPSA) is 41.1 Å². The summed E-state index contributed by atoms with van der Waals surface area (Å²) < 4.78 is 0. The summed E-state index contributed by atoms with van der Waals surface area (Å²) >= 11 is 0. The SMILES string of the molecule is CC1CCCC(CCNC(=O)C2CCNC2)C1.Cl. The minimum atomic E-state index is 0. The van der Waals surface area contributed by atoms with E-state index in [1.54, 1.807) is 0 Å². The molecule has 2 aliphatic rings. The summed E-state index contributed by atoms with van der Waals surface area (Å²) in [5, 5.41) is 6.35. The highest BCUT2D eigenvalue weighted by atomic mass is 35.5. The van der Waals surface area contributed by atoms with Crippen molar-refractivity contribution in [3.63, 3.8) is 0 Å². The van der Waals surface area contributed by atoms with Gasteiger partial charge in [0.05, 0.1) is 5.92 Å². The first-order chi connectivity index (χ1) is 8.25. The van der Waals surface area contributed by atoms with E-state index in [1.807, 2.05) is 0 Å². The fourth-order valence-corrected chi connectivity index (χ4v) is 3.24. The van der Waals surface area contributed by atoms with Gasteiger partial charge in [0, 0.05) is 13.1 Å². The van der Waals surface area contributed by atoms with Gasteiger partial charge in [-0.15, -0.1) is 12.4 Å². The number of rotatable bonds is 4. The second-order valence-corrected chi connectivity index (χ2v) is 5.91. The summed E-state index contributed by atoms with van der Waals surface area (Å²) in [6.07, 6.45) is 7.69. The molecule has 4 heteroatoms. The Morgan fingerprint density at radius 2 is 2.17 bits per heavy atom. The molecule has 1 aliphatic heterocycles. The van der Waals surface area contributed by atoms with Crippen molar-refractivity contribution in [2.24, 2.45) is 17.8 Å². The predicted octanol–water partition coefficient (Wildman–Crippen LogP) is 2.35. The Bertz CT molecular complexity index is 254. The predicted molar refractivity (Wildman–Crippen MR) is 77.0 cm³/mol. The molecule has 0 radical (unpaired) electrons. The summed E-state index contributed by atoms with van der Waals surface area (Å²) in [4.78, 5) is 11.8. The maximum atomic E-state index is 11.8. The van der Waals surface area contributed by atoms with Crippen LogP contribution in [0.3, 0.4) is 0 Å². The van der Waals surface area contributed by atoms with Crippen LogP contribution in [-0.4, -0.2) is 25.5 Å². The molecule has 1 saturated carbocycles. The van der Waals surface area contributed by atoms with E-state index in [-0.39, 0.29) is 24.2 Å². The zero-order valence-corrected chi connectivity index (χ0v) is 12.2. The fraction of sp³-hybridized carbons (Fsp3) is 0.929. The molecule has 0 aromatic carbocycles. The zero-order valence-electron chi connectivity index (χ0n) is 11.4. The van der Waals surface area contributed by atoms with E-state index in [9.17, 15) is 4.79 Å². The fourth-order valence-electron chi connectivity index (χ4n) is 3.24. The van der Waals surface area contributed by atoms with Crippen LogP contribution in [-0.2, 0) is 4.79 Å². The first-order valence-electron chi connectivity index (χ1n) is 7.24. The molecule has 2 N–H and O–H groups in total. The largest absolute Gasteiger partial charge is 0.356 e. The van der Waals surface area contributed by atoms with Crippen molar-refractivity contribution in [1.29, 1.82) is 0 Å². The van der Waals surface area contributed by atoms with E-state index >= 15 is 0 Å². The molecule has 1 saturated heterocycles. The van der Waals surface area contributed by atoms with E-state index < -0.39 is 0 Å². The number of halogens is 1. The van der Waals surface area contributed by atoms with Gasteiger partial charge >= 0.3 is 0 Å². The van der Waals surface area contributed by atoms with Gasteiger partial charge in [0.1, 0.15) is 0 Å². The molecule has 106 valence electrons. The normalized spacial score (nSPS) is 31.7. The van der Waals surface area contributed by atoms with Crippen LogP contribution in [0.1, 0.15) is 45.4 Å². The average molecular weight is 275 g/mol. The molecule has 1 aliphatic carbocycles. The van der Waals surface area contributed by atoms with Crippen LogP contribution in [0.4, 0.5) is 0 Å². The Morgan fingerprint density at radius 3 is 2.83 bits per heavy atom. The molecule has 1 amide bonds. The van der Waals surface area contributed by atoms with Crippen LogP contribution in [0.2, 0.25) is 0 Å². The van der Waals surface area contributed by atoms with E-state index in [0.29, 0.717) is 0 Å². The highest BCUT2D eigenvalue weighted by Crippen LogP contribution is 2.30. The minimum Gasteiger partial charge on any atom is -0.356 e. The van der Waals surface area contributed by atoms with Crippen LogP contribution >= 0.6 is 12.4 Å². The molecule has 0 bridgehead atoms. The van der Waals surface area contributed by atoms with E-state index in [4.69, 9.17) is 0 Å². The number of carbonyl (C=O) groups excluding carboxylic acids is 1. The van der Waals surface area contributed by atoms with Gasteiger partial charge in [-0.05, 0) is 37.6 Å². The molecule has 0 spiro atoms. The smallest absolute Gasteiger partial charge is 0.224 e. The molecule has 2 fully saturated rings. The lowest BCUT2D eigenvalue weighted by molar-refractivity contribution is -0.124. The summed E-state index contributed by atoms with van der Waals surface area (Å²) in [6.45, 7) is 5.10. The van der Waals surface area contributed by atoms with Crippen LogP contribution in [0.15, 0.2) is 0 Å². The van der Waals surface area contributed by atoms with Gasteiger partial charge in [-0.3, -0.25) is 4.79 Å². The maximum Gasteiger partial charge on any atom is 0.224 e. The summed E-state index contributed by atoms with van der Waals surface area (Å²) in [5.41, 5.74) is 0. The third-order valence-corrected chi connectivity index (χ3v) is 4.33. The molecule has 0 aromatic rings. The average Bonchev–Trinajstić information content (AvgIpc) is 2.82. The molecule has 3 atom stereocenters. The summed E-state index contributed by atoms with van der Waals surface area (Å²) in [7, 11) is 0. The Hall–Kier alpha value is -0.280. The monoisotopic (exact) mass is 274 g/mol. The van der Waals surface area contributed by atoms with Gasteiger partial charge in [-0.1, -0.05) is 26.2 Å². The van der Waals surface area contributed by atoms with Crippen LogP contribution in [0.5, 0.6) is 0 Å². The molecule has 0 aromatic heterocycles. The lowest BCUT2D eigenvalue weighted by atomic mass is 9.81. The van der Waals surface area contributed by atoms with Crippen LogP contribution in [0, 0.1) is 17.8 Å². The molecule has 1 heterocycles. The quantitative estimate of drug-likeness (QED) is 0.826. The lowest BCUT2D eigenvalue weighted by Gasteiger charge is -2.26. The molecule has 3 unspecified atom stereocenters. The molecule has 18 heavy (non-hydrogen) atoms. The highest BCUT2D eigenvalue weighted by Gasteiger charge is 2.23. The van der Waals surface area contributed by atoms with Gasteiger partial charge in [0.15, 0.2) is 0 Å². The number of nitrogens with one attached hydrogen (secondary N) is 2. The van der Waals surface area contributed by atoms with Crippen molar-refractivity contribution in [3.8, 4) is 0 Å². The Morgan fingerprint density at radius 1 is 1.33 bits per heavy atom. The van der Waals surface area contributed by atoms with Gasteiger partial charge in [0.25, 0.3) is 0 Å². The van der Waals surface area contributed by atoms with Crippen LogP contribution < -0.4 is 10.6 Å². The van der Waals surface area contributed by atoms with Crippen molar-refractivity contribution < 1.29 is 4.79 Å². The third-order valence-electron chi connectivity index (χ3n) is 4.33. The number of hydrogen-bond acceptors (Lipinski definition) is 2. The van der Waals surface area contributed by atoms with E-state index in [1.165, 1.54) is 32.1 Å². The molecular formula is C14H27ClN2O. The Labute approximate surface area is 117 Å². The third kappa shape index (κ3) is 4.77. The highest BCUT2D eigenvalue weighted by molar-refractivity contribution is 5.85. The Balaban J connectivity index is 0.00000162. The van der Waals surface area contributed by atoms with Crippen LogP contribution in [0.25, 0.3) is 0 Å². The van der Waals surface area contributed by atoms with Crippen molar-refractivity contribution >= 4 is 18.3 Å². The number of carbonyl (C=O) groups is 1. The van der Waals surface area contributed by atoms with Crippen molar-refractivity contribution in [3.05, 3.63) is 0 Å². The minimum absolute atomic E-state index is 0. The zero-order chi connectivity index (χ0) is 12.1. The summed E-state index contributed by atoms with van der Waals surface area (Å²) in [6, 6.07) is 0. The molecule has 2 rings (SSSR count). The first kappa shape index (κ1) is 15.8. The van der Waals surface area contributed by atoms with E-state index in [2.05, 4.69) is 17.6 Å². The second kappa shape index (κ2) is 8.00. The lowest BCUT2D eigenvalue weighted by Crippen LogP contribution is -2.33. The van der Waals surface area contributed by atoms with E-state index in [0.717, 1.165) is 37.9 Å². The molecule has 3 nitrogen and oxygen atoms in total. The van der Waals surface area contributed by atoms with Crippen molar-refractivity contribution in [2.45, 2.75) is 45.4 Å². The number of amides is 1. The summed E-state index contributed by atoms with van der Waals surface area (Å²) in [5.74, 6) is 2.23. The number of hydrogen-bond donors (Lipinski definition) is 2. The standard InChI is InChI=1S/C14H26N2O.ClH/c1-11-3-2-4-12(9-11)5-8-16-14(17)13-6-7-15-10-13;/h11-13,15H,2-10H2,1H3,(H,16,17);1H. The van der Waals surface area contributed by atoms with Gasteiger partial charge in [-0.25, -0.2) is 0 Å². The molecular weight excluding hydrogens is 248 g/mol. The van der Waals surface area contributed by atoms with Crippen molar-refractivity contribution in [1.82, 2.24) is 10.6 Å². The van der Waals surface area contributed by atoms with Crippen molar-refractivity contribution in [2.75, 3.05) is 19.6 Å².